The smallest absolute Gasteiger partial charge is 0.140 e. The first-order chi connectivity index (χ1) is 8.35. The number of nitrogens with zero attached hydrogens (tertiary/aromatic N) is 1. The summed E-state index contributed by atoms with van der Waals surface area (Å²) in [6.45, 7) is 4.64. The lowest BCUT2D eigenvalue weighted by molar-refractivity contribution is 0.199. The fourth-order valence-electron chi connectivity index (χ4n) is 2.40. The third kappa shape index (κ3) is 3.07. The first-order valence-electron chi connectivity index (χ1n) is 6.51. The second kappa shape index (κ2) is 6.17. The molecule has 1 aliphatic carbocycles. The molecular weight excluding hydrogens is 216 g/mol. The third-order valence-corrected chi connectivity index (χ3v) is 3.58. The summed E-state index contributed by atoms with van der Waals surface area (Å²) in [7, 11) is 1.71. The molecule has 4 heteroatoms. The summed E-state index contributed by atoms with van der Waals surface area (Å²) >= 11 is 0. The molecule has 1 heterocycles. The fraction of sp³-hybridized carbons (Fsp3) is 0.769. The molecule has 0 amide bonds. The molecule has 1 aliphatic rings. The molecule has 96 valence electrons. The number of ether oxygens (including phenoxy) is 1. The molecule has 1 aromatic heterocycles. The van der Waals surface area contributed by atoms with Crippen molar-refractivity contribution in [1.29, 1.82) is 0 Å². The van der Waals surface area contributed by atoms with E-state index >= 15 is 0 Å². The van der Waals surface area contributed by atoms with Gasteiger partial charge in [0.1, 0.15) is 11.5 Å². The quantitative estimate of drug-likeness (QED) is 0.769. The Morgan fingerprint density at radius 2 is 2.41 bits per heavy atom. The molecule has 0 fully saturated rings. The highest BCUT2D eigenvalue weighted by molar-refractivity contribution is 5.26. The second-order valence-corrected chi connectivity index (χ2v) is 4.72. The van der Waals surface area contributed by atoms with Crippen LogP contribution in [0.4, 0.5) is 0 Å². The van der Waals surface area contributed by atoms with Gasteiger partial charge in [-0.25, -0.2) is 0 Å². The second-order valence-electron chi connectivity index (χ2n) is 4.72. The van der Waals surface area contributed by atoms with Crippen LogP contribution in [0.5, 0.6) is 0 Å². The highest BCUT2D eigenvalue weighted by Crippen LogP contribution is 2.29. The maximum absolute atomic E-state index is 5.42. The van der Waals surface area contributed by atoms with Crippen molar-refractivity contribution in [2.75, 3.05) is 20.3 Å². The highest BCUT2D eigenvalue weighted by Gasteiger charge is 2.24. The third-order valence-electron chi connectivity index (χ3n) is 3.58. The number of nitrogens with one attached hydrogen (secondary N) is 1. The maximum Gasteiger partial charge on any atom is 0.140 e. The van der Waals surface area contributed by atoms with E-state index in [1.54, 1.807) is 7.11 Å². The van der Waals surface area contributed by atoms with Crippen LogP contribution in [0.1, 0.15) is 36.8 Å². The van der Waals surface area contributed by atoms with Gasteiger partial charge in [0.2, 0.25) is 0 Å². The van der Waals surface area contributed by atoms with E-state index in [1.807, 2.05) is 0 Å². The minimum atomic E-state index is 0.734. The topological polar surface area (TPSA) is 47.3 Å². The molecule has 4 nitrogen and oxygen atoms in total. The zero-order chi connectivity index (χ0) is 12.1. The number of hydrogen-bond acceptors (Lipinski definition) is 4. The van der Waals surface area contributed by atoms with Gasteiger partial charge in [-0.15, -0.1) is 0 Å². The Morgan fingerprint density at radius 1 is 1.53 bits per heavy atom. The van der Waals surface area contributed by atoms with Crippen LogP contribution in [-0.4, -0.2) is 25.4 Å². The molecule has 0 saturated heterocycles. The van der Waals surface area contributed by atoms with E-state index in [2.05, 4.69) is 17.4 Å². The Kier molecular flexibility index (Phi) is 4.57. The number of aryl methyl sites for hydroxylation is 1. The number of fused-ring (bicyclic) bond motifs is 1. The van der Waals surface area contributed by atoms with Gasteiger partial charge in [0, 0.05) is 32.2 Å². The van der Waals surface area contributed by atoms with Gasteiger partial charge in [0.25, 0.3) is 0 Å². The molecule has 0 spiro atoms. The van der Waals surface area contributed by atoms with Crippen LogP contribution >= 0.6 is 0 Å². The Morgan fingerprint density at radius 3 is 3.18 bits per heavy atom. The fourth-order valence-corrected chi connectivity index (χ4v) is 2.40. The van der Waals surface area contributed by atoms with E-state index in [0.717, 1.165) is 49.9 Å². The standard InChI is InChI=1S/C13H22N2O2/c1-3-10-4-5-13-11(8-10)12(15-17-13)9-14-6-7-16-2/h10,14H,3-9H2,1-2H3. The molecule has 17 heavy (non-hydrogen) atoms. The minimum absolute atomic E-state index is 0.734. The van der Waals surface area contributed by atoms with Gasteiger partial charge in [0.15, 0.2) is 0 Å². The maximum atomic E-state index is 5.42. The van der Waals surface area contributed by atoms with Crippen molar-refractivity contribution >= 4 is 0 Å². The summed E-state index contributed by atoms with van der Waals surface area (Å²) in [5, 5.41) is 7.51. The molecule has 0 aromatic carbocycles. The molecule has 1 unspecified atom stereocenters. The Balaban J connectivity index is 1.93. The SMILES string of the molecule is CCC1CCc2onc(CNCCOC)c2C1. The summed E-state index contributed by atoms with van der Waals surface area (Å²) in [6.07, 6.45) is 4.69. The average Bonchev–Trinajstić information content (AvgIpc) is 2.77. The van der Waals surface area contributed by atoms with Crippen LogP contribution in [0, 0.1) is 5.92 Å². The molecular formula is C13H22N2O2. The number of rotatable bonds is 6. The van der Waals surface area contributed by atoms with Gasteiger partial charge in [0.05, 0.1) is 6.61 Å². The van der Waals surface area contributed by atoms with Gasteiger partial charge >= 0.3 is 0 Å². The summed E-state index contributed by atoms with van der Waals surface area (Å²) in [4.78, 5) is 0. The number of aromatic nitrogens is 1. The van der Waals surface area contributed by atoms with E-state index in [4.69, 9.17) is 9.26 Å². The normalized spacial score (nSPS) is 19.3. The monoisotopic (exact) mass is 238 g/mol. The van der Waals surface area contributed by atoms with Crippen molar-refractivity contribution in [3.63, 3.8) is 0 Å². The van der Waals surface area contributed by atoms with Crippen LogP contribution < -0.4 is 5.32 Å². The van der Waals surface area contributed by atoms with Crippen LogP contribution in [0.2, 0.25) is 0 Å². The van der Waals surface area contributed by atoms with Crippen molar-refractivity contribution in [2.45, 2.75) is 39.2 Å². The first-order valence-corrected chi connectivity index (χ1v) is 6.51. The largest absolute Gasteiger partial charge is 0.383 e. The molecule has 2 rings (SSSR count). The Labute approximate surface area is 103 Å². The van der Waals surface area contributed by atoms with Crippen LogP contribution in [0.3, 0.4) is 0 Å². The van der Waals surface area contributed by atoms with Crippen molar-refractivity contribution in [1.82, 2.24) is 10.5 Å². The summed E-state index contributed by atoms with van der Waals surface area (Å²) in [5.74, 6) is 1.91. The molecule has 0 bridgehead atoms. The molecule has 0 aliphatic heterocycles. The Bertz CT molecular complexity index is 349. The minimum Gasteiger partial charge on any atom is -0.383 e. The summed E-state index contributed by atoms with van der Waals surface area (Å²) < 4.78 is 10.4. The lowest BCUT2D eigenvalue weighted by Gasteiger charge is -2.19. The van der Waals surface area contributed by atoms with Gasteiger partial charge in [-0.1, -0.05) is 18.5 Å². The lowest BCUT2D eigenvalue weighted by Crippen LogP contribution is -2.20. The van der Waals surface area contributed by atoms with Crippen molar-refractivity contribution in [3.8, 4) is 0 Å². The van der Waals surface area contributed by atoms with E-state index in [9.17, 15) is 0 Å². The Hall–Kier alpha value is -0.870. The van der Waals surface area contributed by atoms with Gasteiger partial charge in [-0.2, -0.15) is 0 Å². The molecule has 1 N–H and O–H groups in total. The molecule has 0 saturated carbocycles. The predicted molar refractivity (Wildman–Crippen MR) is 65.9 cm³/mol. The highest BCUT2D eigenvalue weighted by atomic mass is 16.5. The van der Waals surface area contributed by atoms with Crippen LogP contribution in [-0.2, 0) is 24.1 Å². The average molecular weight is 238 g/mol. The predicted octanol–water partition coefficient (Wildman–Crippen LogP) is 1.93. The first kappa shape index (κ1) is 12.6. The van der Waals surface area contributed by atoms with E-state index in [0.29, 0.717) is 0 Å². The van der Waals surface area contributed by atoms with Gasteiger partial charge in [-0.05, 0) is 18.8 Å². The number of methoxy groups -OCH3 is 1. The molecule has 0 radical (unpaired) electrons. The van der Waals surface area contributed by atoms with Crippen LogP contribution in [0.15, 0.2) is 4.52 Å². The van der Waals surface area contributed by atoms with Crippen molar-refractivity contribution in [2.24, 2.45) is 5.92 Å². The van der Waals surface area contributed by atoms with Gasteiger partial charge in [-0.3, -0.25) is 0 Å². The van der Waals surface area contributed by atoms with Crippen molar-refractivity contribution in [3.05, 3.63) is 17.0 Å². The van der Waals surface area contributed by atoms with Crippen molar-refractivity contribution < 1.29 is 9.26 Å². The molecule has 1 aromatic rings. The zero-order valence-electron chi connectivity index (χ0n) is 10.8. The van der Waals surface area contributed by atoms with Gasteiger partial charge < -0.3 is 14.6 Å². The zero-order valence-corrected chi connectivity index (χ0v) is 10.8. The lowest BCUT2D eigenvalue weighted by atomic mass is 9.85. The molecule has 1 atom stereocenters. The van der Waals surface area contributed by atoms with Crippen LogP contribution in [0.25, 0.3) is 0 Å². The number of hydrogen-bond donors (Lipinski definition) is 1. The summed E-state index contributed by atoms with van der Waals surface area (Å²) in [6, 6.07) is 0. The van der Waals surface area contributed by atoms with E-state index < -0.39 is 0 Å². The van der Waals surface area contributed by atoms with E-state index in [-0.39, 0.29) is 0 Å². The van der Waals surface area contributed by atoms with E-state index in [1.165, 1.54) is 18.4 Å². The summed E-state index contributed by atoms with van der Waals surface area (Å²) in [5.41, 5.74) is 2.45.